The first kappa shape index (κ1) is 23.2. The number of nitrogens with zero attached hydrogens (tertiary/aromatic N) is 2. The number of fused-ring (bicyclic) bond motifs is 1. The van der Waals surface area contributed by atoms with Crippen molar-refractivity contribution in [2.45, 2.75) is 38.6 Å². The van der Waals surface area contributed by atoms with E-state index in [2.05, 4.69) is 17.0 Å². The molecular weight excluding hydrogens is 446 g/mol. The number of morpholine rings is 1. The van der Waals surface area contributed by atoms with Gasteiger partial charge >= 0.3 is 5.97 Å². The van der Waals surface area contributed by atoms with Gasteiger partial charge in [0, 0.05) is 48.4 Å². The van der Waals surface area contributed by atoms with E-state index in [9.17, 15) is 14.4 Å². The van der Waals surface area contributed by atoms with E-state index in [0.717, 1.165) is 49.0 Å². The standard InChI is InChI=1S/C23H27N3O6S/c24-22(29)19(5-6-21(27)28)26-12-17-18(23(26)30)14-33-20(17)13-32-16-3-1-15(2-4-16)11-25-7-9-31-10-8-25/h1-4,14,19H,5-13H2,(H2,24,29)(H,27,28)/t19-/m0/s1. The predicted molar refractivity (Wildman–Crippen MR) is 121 cm³/mol. The summed E-state index contributed by atoms with van der Waals surface area (Å²) in [5.74, 6) is -1.30. The summed E-state index contributed by atoms with van der Waals surface area (Å²) >= 11 is 1.44. The van der Waals surface area contributed by atoms with Crippen molar-refractivity contribution in [1.29, 1.82) is 0 Å². The van der Waals surface area contributed by atoms with Crippen LogP contribution in [0.15, 0.2) is 29.6 Å². The van der Waals surface area contributed by atoms with Crippen molar-refractivity contribution < 1.29 is 29.0 Å². The van der Waals surface area contributed by atoms with Crippen LogP contribution in [0.5, 0.6) is 5.75 Å². The average Bonchev–Trinajstić information content (AvgIpc) is 3.34. The Morgan fingerprint density at radius 3 is 2.61 bits per heavy atom. The van der Waals surface area contributed by atoms with Crippen LogP contribution in [0.3, 0.4) is 0 Å². The van der Waals surface area contributed by atoms with Crippen LogP contribution in [0, 0.1) is 0 Å². The maximum atomic E-state index is 12.8. The fourth-order valence-corrected chi connectivity index (χ4v) is 5.06. The number of carbonyl (C=O) groups is 3. The lowest BCUT2D eigenvalue weighted by molar-refractivity contribution is -0.137. The fraction of sp³-hybridized carbons (Fsp3) is 0.435. The van der Waals surface area contributed by atoms with E-state index in [-0.39, 0.29) is 25.3 Å². The van der Waals surface area contributed by atoms with Crippen molar-refractivity contribution in [2.75, 3.05) is 26.3 Å². The largest absolute Gasteiger partial charge is 0.488 e. The van der Waals surface area contributed by atoms with E-state index >= 15 is 0 Å². The van der Waals surface area contributed by atoms with Gasteiger partial charge in [0.1, 0.15) is 18.4 Å². The maximum Gasteiger partial charge on any atom is 0.303 e. The molecule has 0 spiro atoms. The summed E-state index contributed by atoms with van der Waals surface area (Å²) in [6.45, 7) is 4.82. The summed E-state index contributed by atoms with van der Waals surface area (Å²) in [5.41, 5.74) is 8.01. The number of carboxylic acids is 1. The molecule has 2 aromatic rings. The molecule has 3 heterocycles. The molecule has 0 radical (unpaired) electrons. The first-order chi connectivity index (χ1) is 15.9. The molecule has 33 heavy (non-hydrogen) atoms. The molecule has 3 N–H and O–H groups in total. The highest BCUT2D eigenvalue weighted by Gasteiger charge is 2.37. The third kappa shape index (κ3) is 5.52. The SMILES string of the molecule is NC(=O)[C@H](CCC(=O)O)N1Cc2c(csc2COc2ccc(CN3CCOCC3)cc2)C1=O. The lowest BCUT2D eigenvalue weighted by Crippen LogP contribution is -2.45. The second-order valence-electron chi connectivity index (χ2n) is 8.16. The molecule has 2 aliphatic heterocycles. The number of rotatable bonds is 10. The minimum Gasteiger partial charge on any atom is -0.488 e. The summed E-state index contributed by atoms with van der Waals surface area (Å²) in [6.07, 6.45) is -0.242. The van der Waals surface area contributed by atoms with Gasteiger partial charge < -0.3 is 25.2 Å². The number of hydrogen-bond acceptors (Lipinski definition) is 7. The van der Waals surface area contributed by atoms with Crippen molar-refractivity contribution in [1.82, 2.24) is 9.80 Å². The Hall–Kier alpha value is -2.95. The van der Waals surface area contributed by atoms with Gasteiger partial charge in [-0.05, 0) is 24.1 Å². The van der Waals surface area contributed by atoms with Crippen molar-refractivity contribution in [2.24, 2.45) is 5.73 Å². The molecule has 1 fully saturated rings. The van der Waals surface area contributed by atoms with Gasteiger partial charge in [-0.15, -0.1) is 11.3 Å². The van der Waals surface area contributed by atoms with Gasteiger partial charge in [-0.1, -0.05) is 12.1 Å². The number of ether oxygens (including phenoxy) is 2. The van der Waals surface area contributed by atoms with Crippen LogP contribution < -0.4 is 10.5 Å². The number of carboxylic acid groups (broad SMARTS) is 1. The summed E-state index contributed by atoms with van der Waals surface area (Å²) in [4.78, 5) is 40.2. The van der Waals surface area contributed by atoms with Gasteiger partial charge in [-0.2, -0.15) is 0 Å². The molecule has 1 saturated heterocycles. The highest BCUT2D eigenvalue weighted by molar-refractivity contribution is 7.10. The Balaban J connectivity index is 1.36. The Labute approximate surface area is 195 Å². The number of primary amides is 1. The molecule has 4 rings (SSSR count). The number of amides is 2. The highest BCUT2D eigenvalue weighted by Crippen LogP contribution is 2.34. The van der Waals surface area contributed by atoms with Crippen LogP contribution in [0.4, 0.5) is 0 Å². The Kier molecular flexibility index (Phi) is 7.26. The molecular formula is C23H27N3O6S. The Morgan fingerprint density at radius 1 is 1.21 bits per heavy atom. The summed E-state index contributed by atoms with van der Waals surface area (Å²) in [7, 11) is 0. The van der Waals surface area contributed by atoms with Crippen LogP contribution in [-0.4, -0.2) is 65.0 Å². The van der Waals surface area contributed by atoms with Gasteiger partial charge in [-0.3, -0.25) is 19.3 Å². The smallest absolute Gasteiger partial charge is 0.303 e. The van der Waals surface area contributed by atoms with Crippen molar-refractivity contribution in [3.8, 4) is 5.75 Å². The number of thiophene rings is 1. The average molecular weight is 474 g/mol. The number of aliphatic carboxylic acids is 1. The second-order valence-corrected chi connectivity index (χ2v) is 9.12. The lowest BCUT2D eigenvalue weighted by atomic mass is 10.1. The normalized spacial score (nSPS) is 17.1. The summed E-state index contributed by atoms with van der Waals surface area (Å²) < 4.78 is 11.3. The molecule has 176 valence electrons. The van der Waals surface area contributed by atoms with E-state index in [0.29, 0.717) is 12.2 Å². The van der Waals surface area contributed by atoms with Crippen LogP contribution >= 0.6 is 11.3 Å². The van der Waals surface area contributed by atoms with Crippen LogP contribution in [0.2, 0.25) is 0 Å². The zero-order chi connectivity index (χ0) is 23.4. The second kappa shape index (κ2) is 10.3. The minimum atomic E-state index is -1.04. The number of carbonyl (C=O) groups excluding carboxylic acids is 2. The molecule has 1 atom stereocenters. The summed E-state index contributed by atoms with van der Waals surface area (Å²) in [6, 6.07) is 7.04. The summed E-state index contributed by atoms with van der Waals surface area (Å²) in [5, 5.41) is 10.7. The fourth-order valence-electron chi connectivity index (χ4n) is 4.11. The molecule has 2 aliphatic rings. The molecule has 0 saturated carbocycles. The predicted octanol–water partition coefficient (Wildman–Crippen LogP) is 1.83. The van der Waals surface area contributed by atoms with E-state index in [4.69, 9.17) is 20.3 Å². The van der Waals surface area contributed by atoms with E-state index < -0.39 is 17.9 Å². The zero-order valence-electron chi connectivity index (χ0n) is 18.2. The quantitative estimate of drug-likeness (QED) is 0.540. The number of nitrogens with two attached hydrogens (primary N) is 1. The third-order valence-corrected chi connectivity index (χ3v) is 6.94. The molecule has 2 amide bonds. The molecule has 0 bridgehead atoms. The molecule has 0 unspecified atom stereocenters. The zero-order valence-corrected chi connectivity index (χ0v) is 19.0. The molecule has 0 aliphatic carbocycles. The molecule has 9 nitrogen and oxygen atoms in total. The monoisotopic (exact) mass is 473 g/mol. The van der Waals surface area contributed by atoms with Gasteiger partial charge in [-0.25, -0.2) is 0 Å². The first-order valence-electron chi connectivity index (χ1n) is 10.9. The Bertz CT molecular complexity index is 1020. The minimum absolute atomic E-state index is 0.00720. The van der Waals surface area contributed by atoms with Crippen LogP contribution in [-0.2, 0) is 34.0 Å². The third-order valence-electron chi connectivity index (χ3n) is 5.94. The van der Waals surface area contributed by atoms with Crippen LogP contribution in [0.25, 0.3) is 0 Å². The molecule has 1 aromatic carbocycles. The first-order valence-corrected chi connectivity index (χ1v) is 11.7. The topological polar surface area (TPSA) is 122 Å². The molecule has 10 heteroatoms. The van der Waals surface area contributed by atoms with Crippen molar-refractivity contribution >= 4 is 29.1 Å². The highest BCUT2D eigenvalue weighted by atomic mass is 32.1. The van der Waals surface area contributed by atoms with Crippen molar-refractivity contribution in [3.63, 3.8) is 0 Å². The van der Waals surface area contributed by atoms with Gasteiger partial charge in [0.15, 0.2) is 0 Å². The van der Waals surface area contributed by atoms with Gasteiger partial charge in [0.2, 0.25) is 5.91 Å². The van der Waals surface area contributed by atoms with Gasteiger partial charge in [0.05, 0.1) is 18.8 Å². The Morgan fingerprint density at radius 2 is 1.94 bits per heavy atom. The number of hydrogen-bond donors (Lipinski definition) is 2. The molecule has 1 aromatic heterocycles. The van der Waals surface area contributed by atoms with Crippen molar-refractivity contribution in [3.05, 3.63) is 51.2 Å². The van der Waals surface area contributed by atoms with Crippen LogP contribution in [0.1, 0.15) is 39.2 Å². The van der Waals surface area contributed by atoms with E-state index in [1.165, 1.54) is 21.8 Å². The number of benzene rings is 1. The lowest BCUT2D eigenvalue weighted by Gasteiger charge is -2.26. The van der Waals surface area contributed by atoms with E-state index in [1.54, 1.807) is 5.38 Å². The maximum absolute atomic E-state index is 12.8. The van der Waals surface area contributed by atoms with E-state index in [1.807, 2.05) is 12.1 Å². The van der Waals surface area contributed by atoms with Gasteiger partial charge in [0.25, 0.3) is 5.91 Å².